The van der Waals surface area contributed by atoms with Gasteiger partial charge in [-0.05, 0) is 17.7 Å². The number of benzene rings is 1. The predicted molar refractivity (Wildman–Crippen MR) is 69.1 cm³/mol. The summed E-state index contributed by atoms with van der Waals surface area (Å²) in [4.78, 5) is 11.9. The number of primary amides is 1. The third kappa shape index (κ3) is 4.25. The SMILES string of the molecule is COc1ccc(CC[NH+](C)CC(N)=O)cc1OC. The first-order valence-corrected chi connectivity index (χ1v) is 5.87. The van der Waals surface area contributed by atoms with E-state index < -0.39 is 0 Å². The molecular weight excluding hydrogens is 232 g/mol. The van der Waals surface area contributed by atoms with Gasteiger partial charge < -0.3 is 20.1 Å². The maximum absolute atomic E-state index is 10.8. The van der Waals surface area contributed by atoms with Crippen molar-refractivity contribution in [3.63, 3.8) is 0 Å². The van der Waals surface area contributed by atoms with Crippen molar-refractivity contribution in [3.8, 4) is 11.5 Å². The summed E-state index contributed by atoms with van der Waals surface area (Å²) in [5, 5.41) is 0. The van der Waals surface area contributed by atoms with Crippen LogP contribution in [-0.2, 0) is 11.2 Å². The Hall–Kier alpha value is -1.75. The van der Waals surface area contributed by atoms with E-state index >= 15 is 0 Å². The summed E-state index contributed by atoms with van der Waals surface area (Å²) in [5.74, 6) is 1.17. The quantitative estimate of drug-likeness (QED) is 0.672. The topological polar surface area (TPSA) is 66.0 Å². The minimum absolute atomic E-state index is 0.278. The van der Waals surface area contributed by atoms with E-state index in [9.17, 15) is 4.79 Å². The van der Waals surface area contributed by atoms with Crippen molar-refractivity contribution in [3.05, 3.63) is 23.8 Å². The number of nitrogens with one attached hydrogen (secondary N) is 1. The number of likely N-dealkylation sites (N-methyl/N-ethyl adjacent to an activating group) is 1. The zero-order chi connectivity index (χ0) is 13.5. The smallest absolute Gasteiger partial charge is 0.272 e. The van der Waals surface area contributed by atoms with E-state index in [1.165, 1.54) is 0 Å². The van der Waals surface area contributed by atoms with Crippen molar-refractivity contribution in [2.75, 3.05) is 34.4 Å². The van der Waals surface area contributed by atoms with E-state index in [1.54, 1.807) is 14.2 Å². The predicted octanol–water partition coefficient (Wildman–Crippen LogP) is -0.754. The Morgan fingerprint density at radius 1 is 1.28 bits per heavy atom. The van der Waals surface area contributed by atoms with E-state index in [-0.39, 0.29) is 5.91 Å². The standard InChI is InChI=1S/C13H20N2O3/c1-15(9-13(14)16)7-6-10-4-5-11(17-2)12(8-10)18-3/h4-5,8H,6-7,9H2,1-3H3,(H2,14,16)/p+1. The molecule has 18 heavy (non-hydrogen) atoms. The Kier molecular flexibility index (Phi) is 5.45. The monoisotopic (exact) mass is 253 g/mol. The molecule has 1 unspecified atom stereocenters. The molecule has 0 aromatic heterocycles. The van der Waals surface area contributed by atoms with Crippen molar-refractivity contribution in [2.45, 2.75) is 6.42 Å². The summed E-state index contributed by atoms with van der Waals surface area (Å²) >= 11 is 0. The van der Waals surface area contributed by atoms with E-state index in [2.05, 4.69) is 0 Å². The van der Waals surface area contributed by atoms with Gasteiger partial charge in [0.1, 0.15) is 0 Å². The van der Waals surface area contributed by atoms with Gasteiger partial charge in [0.15, 0.2) is 18.0 Å². The normalized spacial score (nSPS) is 11.9. The summed E-state index contributed by atoms with van der Waals surface area (Å²) < 4.78 is 10.4. The van der Waals surface area contributed by atoms with Crippen molar-refractivity contribution >= 4 is 5.91 Å². The molecule has 1 rings (SSSR count). The van der Waals surface area contributed by atoms with E-state index in [0.29, 0.717) is 6.54 Å². The first-order valence-electron chi connectivity index (χ1n) is 5.87. The Bertz CT molecular complexity index is 407. The van der Waals surface area contributed by atoms with Gasteiger partial charge in [-0.15, -0.1) is 0 Å². The molecule has 0 aliphatic heterocycles. The molecule has 5 nitrogen and oxygen atoms in total. The Balaban J connectivity index is 2.60. The molecule has 0 fully saturated rings. The van der Waals surface area contributed by atoms with Crippen LogP contribution in [0.1, 0.15) is 5.56 Å². The third-order valence-electron chi connectivity index (χ3n) is 2.76. The number of amides is 1. The molecule has 3 N–H and O–H groups in total. The lowest BCUT2D eigenvalue weighted by Gasteiger charge is -2.13. The van der Waals surface area contributed by atoms with Crippen LogP contribution in [0.3, 0.4) is 0 Å². The van der Waals surface area contributed by atoms with Crippen molar-refractivity contribution in [1.29, 1.82) is 0 Å². The molecule has 100 valence electrons. The highest BCUT2D eigenvalue weighted by Gasteiger charge is 2.08. The van der Waals surface area contributed by atoms with Gasteiger partial charge in [0, 0.05) is 6.42 Å². The molecule has 1 amide bonds. The first-order chi connectivity index (χ1) is 8.56. The maximum atomic E-state index is 10.8. The number of nitrogens with two attached hydrogens (primary N) is 1. The molecule has 0 radical (unpaired) electrons. The zero-order valence-corrected chi connectivity index (χ0v) is 11.2. The number of methoxy groups -OCH3 is 2. The fourth-order valence-electron chi connectivity index (χ4n) is 1.78. The second-order valence-corrected chi connectivity index (χ2v) is 4.29. The van der Waals surface area contributed by atoms with Crippen LogP contribution in [0.4, 0.5) is 0 Å². The number of rotatable bonds is 7. The molecule has 0 spiro atoms. The lowest BCUT2D eigenvalue weighted by Crippen LogP contribution is -3.10. The number of hydrogen-bond acceptors (Lipinski definition) is 3. The molecule has 0 heterocycles. The summed E-state index contributed by atoms with van der Waals surface area (Å²) in [7, 11) is 5.18. The van der Waals surface area contributed by atoms with Crippen LogP contribution < -0.4 is 20.1 Å². The van der Waals surface area contributed by atoms with Gasteiger partial charge in [-0.1, -0.05) is 6.07 Å². The van der Waals surface area contributed by atoms with Crippen LogP contribution in [0.25, 0.3) is 0 Å². The van der Waals surface area contributed by atoms with Gasteiger partial charge in [0.05, 0.1) is 27.8 Å². The highest BCUT2D eigenvalue weighted by Crippen LogP contribution is 2.27. The maximum Gasteiger partial charge on any atom is 0.272 e. The minimum atomic E-state index is -0.278. The molecule has 1 atom stereocenters. The number of ether oxygens (including phenoxy) is 2. The highest BCUT2D eigenvalue weighted by molar-refractivity contribution is 5.74. The van der Waals surface area contributed by atoms with Gasteiger partial charge in [0.2, 0.25) is 0 Å². The second-order valence-electron chi connectivity index (χ2n) is 4.29. The van der Waals surface area contributed by atoms with Crippen molar-refractivity contribution < 1.29 is 19.2 Å². The Morgan fingerprint density at radius 2 is 1.94 bits per heavy atom. The fourth-order valence-corrected chi connectivity index (χ4v) is 1.78. The lowest BCUT2D eigenvalue weighted by atomic mass is 10.1. The molecule has 1 aromatic rings. The van der Waals surface area contributed by atoms with Crippen LogP contribution in [0.15, 0.2) is 18.2 Å². The molecule has 0 aliphatic rings. The van der Waals surface area contributed by atoms with Crippen LogP contribution in [0, 0.1) is 0 Å². The molecular formula is C13H21N2O3+. The van der Waals surface area contributed by atoms with Crippen LogP contribution in [0.5, 0.6) is 11.5 Å². The van der Waals surface area contributed by atoms with Crippen molar-refractivity contribution in [1.82, 2.24) is 0 Å². The van der Waals surface area contributed by atoms with E-state index in [0.717, 1.165) is 34.9 Å². The molecule has 0 saturated carbocycles. The second kappa shape index (κ2) is 6.86. The lowest BCUT2D eigenvalue weighted by molar-refractivity contribution is -0.870. The van der Waals surface area contributed by atoms with Gasteiger partial charge >= 0.3 is 0 Å². The van der Waals surface area contributed by atoms with Crippen LogP contribution in [-0.4, -0.2) is 40.3 Å². The molecule has 5 heteroatoms. The summed E-state index contributed by atoms with van der Waals surface area (Å²) in [6.07, 6.45) is 0.861. The average Bonchev–Trinajstić information content (AvgIpc) is 2.35. The Labute approximate surface area is 107 Å². The largest absolute Gasteiger partial charge is 0.493 e. The average molecular weight is 253 g/mol. The summed E-state index contributed by atoms with van der Waals surface area (Å²) in [6.45, 7) is 1.20. The number of hydrogen-bond donors (Lipinski definition) is 2. The molecule has 0 bridgehead atoms. The number of quaternary nitrogens is 1. The van der Waals surface area contributed by atoms with Gasteiger partial charge in [0.25, 0.3) is 5.91 Å². The Morgan fingerprint density at radius 3 is 2.50 bits per heavy atom. The van der Waals surface area contributed by atoms with Crippen molar-refractivity contribution in [2.24, 2.45) is 5.73 Å². The van der Waals surface area contributed by atoms with Crippen LogP contribution >= 0.6 is 0 Å². The number of carbonyl (C=O) groups excluding carboxylic acids is 1. The van der Waals surface area contributed by atoms with E-state index in [1.807, 2.05) is 25.2 Å². The highest BCUT2D eigenvalue weighted by atomic mass is 16.5. The summed E-state index contributed by atoms with van der Waals surface area (Å²) in [6, 6.07) is 5.84. The molecule has 0 aliphatic carbocycles. The fraction of sp³-hybridized carbons (Fsp3) is 0.462. The minimum Gasteiger partial charge on any atom is -0.493 e. The van der Waals surface area contributed by atoms with Gasteiger partial charge in [-0.3, -0.25) is 4.79 Å². The third-order valence-corrected chi connectivity index (χ3v) is 2.76. The molecule has 1 aromatic carbocycles. The zero-order valence-electron chi connectivity index (χ0n) is 11.2. The first kappa shape index (κ1) is 14.3. The van der Waals surface area contributed by atoms with Gasteiger partial charge in [-0.25, -0.2) is 0 Å². The van der Waals surface area contributed by atoms with Gasteiger partial charge in [-0.2, -0.15) is 0 Å². The summed E-state index contributed by atoms with van der Waals surface area (Å²) in [5.41, 5.74) is 6.30. The van der Waals surface area contributed by atoms with E-state index in [4.69, 9.17) is 15.2 Å². The van der Waals surface area contributed by atoms with Crippen LogP contribution in [0.2, 0.25) is 0 Å². The molecule has 0 saturated heterocycles. The number of carbonyl (C=O) groups is 1.